The zero-order valence-corrected chi connectivity index (χ0v) is 10.7. The van der Waals surface area contributed by atoms with Gasteiger partial charge in [-0.15, -0.1) is 0 Å². The van der Waals surface area contributed by atoms with Crippen LogP contribution >= 0.6 is 15.9 Å². The number of rotatable bonds is 6. The zero-order chi connectivity index (χ0) is 12.8. The fourth-order valence-electron chi connectivity index (χ4n) is 1.42. The van der Waals surface area contributed by atoms with Crippen molar-refractivity contribution in [3.63, 3.8) is 0 Å². The van der Waals surface area contributed by atoms with Crippen molar-refractivity contribution in [3.05, 3.63) is 35.1 Å². The van der Waals surface area contributed by atoms with Crippen LogP contribution in [-0.4, -0.2) is 11.1 Å². The third-order valence-corrected chi connectivity index (χ3v) is 2.90. The lowest BCUT2D eigenvalue weighted by Gasteiger charge is -2.02. The maximum absolute atomic E-state index is 12.9. The largest absolute Gasteiger partial charge is 0.294 e. The van der Waals surface area contributed by atoms with Crippen LogP contribution in [0, 0.1) is 17.5 Å². The Balaban J connectivity index is 2.63. The number of carbonyl (C=O) groups is 1. The van der Waals surface area contributed by atoms with Crippen molar-refractivity contribution in [2.45, 2.75) is 25.7 Å². The molecule has 0 saturated carbocycles. The molecule has 0 aliphatic carbocycles. The Labute approximate surface area is 106 Å². The number of unbranched alkanes of at least 4 members (excludes halogenated alkanes) is 2. The Kier molecular flexibility index (Phi) is 5.68. The minimum atomic E-state index is -1.54. The first-order chi connectivity index (χ1) is 8.06. The highest BCUT2D eigenvalue weighted by Crippen LogP contribution is 2.16. The SMILES string of the molecule is O=C(CCCCCBr)c1cc(F)c(F)c(F)c1. The molecule has 1 nitrogen and oxygen atoms in total. The summed E-state index contributed by atoms with van der Waals surface area (Å²) in [5.41, 5.74) is -0.111. The number of carbonyl (C=O) groups excluding carboxylic acids is 1. The van der Waals surface area contributed by atoms with Crippen LogP contribution in [0.25, 0.3) is 0 Å². The maximum Gasteiger partial charge on any atom is 0.194 e. The van der Waals surface area contributed by atoms with E-state index >= 15 is 0 Å². The van der Waals surface area contributed by atoms with Crippen LogP contribution in [0.4, 0.5) is 13.2 Å². The highest BCUT2D eigenvalue weighted by molar-refractivity contribution is 9.09. The number of Topliss-reactive ketones (excluding diaryl/α,β-unsaturated/α-hetero) is 1. The number of ketones is 1. The van der Waals surface area contributed by atoms with E-state index in [2.05, 4.69) is 15.9 Å². The molecule has 0 aromatic heterocycles. The van der Waals surface area contributed by atoms with E-state index in [-0.39, 0.29) is 17.8 Å². The van der Waals surface area contributed by atoms with Crippen molar-refractivity contribution in [1.82, 2.24) is 0 Å². The van der Waals surface area contributed by atoms with E-state index in [9.17, 15) is 18.0 Å². The topological polar surface area (TPSA) is 17.1 Å². The summed E-state index contributed by atoms with van der Waals surface area (Å²) in [6.45, 7) is 0. The summed E-state index contributed by atoms with van der Waals surface area (Å²) in [4.78, 5) is 11.6. The Hall–Kier alpha value is -0.840. The van der Waals surface area contributed by atoms with Crippen LogP contribution in [0.3, 0.4) is 0 Å². The fourth-order valence-corrected chi connectivity index (χ4v) is 1.81. The van der Waals surface area contributed by atoms with Crippen molar-refractivity contribution in [3.8, 4) is 0 Å². The molecule has 0 unspecified atom stereocenters. The molecule has 1 aromatic carbocycles. The van der Waals surface area contributed by atoms with Crippen LogP contribution in [0.15, 0.2) is 12.1 Å². The molecular weight excluding hydrogens is 297 g/mol. The fraction of sp³-hybridized carbons (Fsp3) is 0.417. The van der Waals surface area contributed by atoms with Gasteiger partial charge in [-0.1, -0.05) is 22.4 Å². The maximum atomic E-state index is 12.9. The summed E-state index contributed by atoms with van der Waals surface area (Å²) < 4.78 is 38.4. The Morgan fingerprint density at radius 2 is 1.65 bits per heavy atom. The molecule has 0 heterocycles. The molecular formula is C12H12BrF3O. The van der Waals surface area contributed by atoms with Gasteiger partial charge < -0.3 is 0 Å². The van der Waals surface area contributed by atoms with Gasteiger partial charge in [-0.3, -0.25) is 4.79 Å². The number of hydrogen-bond donors (Lipinski definition) is 0. The smallest absolute Gasteiger partial charge is 0.194 e. The summed E-state index contributed by atoms with van der Waals surface area (Å²) in [5, 5.41) is 0.862. The average molecular weight is 309 g/mol. The molecule has 5 heteroatoms. The van der Waals surface area contributed by atoms with Gasteiger partial charge in [0.05, 0.1) is 0 Å². The van der Waals surface area contributed by atoms with Gasteiger partial charge in [-0.25, -0.2) is 13.2 Å². The van der Waals surface area contributed by atoms with Gasteiger partial charge in [0.15, 0.2) is 23.2 Å². The third-order valence-electron chi connectivity index (χ3n) is 2.34. The number of alkyl halides is 1. The highest BCUT2D eigenvalue weighted by Gasteiger charge is 2.14. The lowest BCUT2D eigenvalue weighted by Crippen LogP contribution is -2.03. The van der Waals surface area contributed by atoms with Gasteiger partial charge in [0.1, 0.15) is 0 Å². The van der Waals surface area contributed by atoms with Crippen molar-refractivity contribution in [2.75, 3.05) is 5.33 Å². The van der Waals surface area contributed by atoms with E-state index in [1.807, 2.05) is 0 Å². The van der Waals surface area contributed by atoms with Gasteiger partial charge in [0.2, 0.25) is 0 Å². The predicted octanol–water partition coefficient (Wildman–Crippen LogP) is 4.24. The van der Waals surface area contributed by atoms with E-state index in [0.29, 0.717) is 6.42 Å². The molecule has 0 fully saturated rings. The number of benzene rings is 1. The van der Waals surface area contributed by atoms with Crippen LogP contribution < -0.4 is 0 Å². The molecule has 0 radical (unpaired) electrons. The van der Waals surface area contributed by atoms with Crippen molar-refractivity contribution in [2.24, 2.45) is 0 Å². The first kappa shape index (κ1) is 14.2. The summed E-state index contributed by atoms with van der Waals surface area (Å²) in [5.74, 6) is -4.55. The molecule has 0 amide bonds. The van der Waals surface area contributed by atoms with Crippen LogP contribution in [0.5, 0.6) is 0 Å². The molecule has 1 aromatic rings. The molecule has 0 atom stereocenters. The normalized spacial score (nSPS) is 10.6. The summed E-state index contributed by atoms with van der Waals surface area (Å²) >= 11 is 3.26. The van der Waals surface area contributed by atoms with Crippen molar-refractivity contribution in [1.29, 1.82) is 0 Å². The van der Waals surface area contributed by atoms with Crippen LogP contribution in [0.2, 0.25) is 0 Å². The molecule has 1 rings (SSSR count). The monoisotopic (exact) mass is 308 g/mol. The molecule has 17 heavy (non-hydrogen) atoms. The Morgan fingerprint density at radius 3 is 2.18 bits per heavy atom. The minimum absolute atomic E-state index is 0.111. The van der Waals surface area contributed by atoms with Crippen LogP contribution in [-0.2, 0) is 0 Å². The van der Waals surface area contributed by atoms with E-state index in [1.54, 1.807) is 0 Å². The standard InChI is InChI=1S/C12H12BrF3O/c13-5-3-1-2-4-11(17)8-6-9(14)12(16)10(15)7-8/h6-7H,1-5H2. The second-order valence-electron chi connectivity index (χ2n) is 3.68. The molecule has 0 aliphatic rings. The van der Waals surface area contributed by atoms with Gasteiger partial charge in [0, 0.05) is 17.3 Å². The molecule has 0 aliphatic heterocycles. The first-order valence-corrected chi connectivity index (χ1v) is 6.42. The van der Waals surface area contributed by atoms with Gasteiger partial charge in [0.25, 0.3) is 0 Å². The van der Waals surface area contributed by atoms with Crippen molar-refractivity contribution >= 4 is 21.7 Å². The van der Waals surface area contributed by atoms with E-state index < -0.39 is 17.5 Å². The van der Waals surface area contributed by atoms with Crippen molar-refractivity contribution < 1.29 is 18.0 Å². The zero-order valence-electron chi connectivity index (χ0n) is 9.11. The number of halogens is 4. The van der Waals surface area contributed by atoms with Gasteiger partial charge in [-0.2, -0.15) is 0 Å². The summed E-state index contributed by atoms with van der Waals surface area (Å²) in [7, 11) is 0. The van der Waals surface area contributed by atoms with Crippen LogP contribution in [0.1, 0.15) is 36.0 Å². The second kappa shape index (κ2) is 6.79. The molecule has 0 N–H and O–H groups in total. The summed E-state index contributed by atoms with van der Waals surface area (Å²) in [6, 6.07) is 1.48. The predicted molar refractivity (Wildman–Crippen MR) is 62.9 cm³/mol. The third kappa shape index (κ3) is 4.15. The molecule has 0 spiro atoms. The second-order valence-corrected chi connectivity index (χ2v) is 4.47. The highest BCUT2D eigenvalue weighted by atomic mass is 79.9. The van der Waals surface area contributed by atoms with E-state index in [4.69, 9.17) is 0 Å². The quantitative estimate of drug-likeness (QED) is 0.332. The van der Waals surface area contributed by atoms with E-state index in [0.717, 1.165) is 30.3 Å². The molecule has 0 bridgehead atoms. The first-order valence-electron chi connectivity index (χ1n) is 5.30. The lowest BCUT2D eigenvalue weighted by molar-refractivity contribution is 0.0978. The van der Waals surface area contributed by atoms with E-state index in [1.165, 1.54) is 0 Å². The Morgan fingerprint density at radius 1 is 1.06 bits per heavy atom. The average Bonchev–Trinajstić information content (AvgIpc) is 2.30. The lowest BCUT2D eigenvalue weighted by atomic mass is 10.0. The number of hydrogen-bond acceptors (Lipinski definition) is 1. The van der Waals surface area contributed by atoms with Gasteiger partial charge >= 0.3 is 0 Å². The molecule has 0 saturated heterocycles. The summed E-state index contributed by atoms with van der Waals surface area (Å²) in [6.07, 6.45) is 2.69. The Bertz CT molecular complexity index is 384. The van der Waals surface area contributed by atoms with Gasteiger partial charge in [-0.05, 0) is 25.0 Å². The molecule has 94 valence electrons. The minimum Gasteiger partial charge on any atom is -0.294 e.